The maximum Gasteiger partial charge on any atom is 0.135 e. The molecule has 4 nitrogen and oxygen atoms in total. The van der Waals surface area contributed by atoms with Gasteiger partial charge in [-0.2, -0.15) is 0 Å². The number of nitrogens with two attached hydrogens (primary N) is 2. The third kappa shape index (κ3) is 3.74. The van der Waals surface area contributed by atoms with Crippen LogP contribution in [0.2, 0.25) is 0 Å². The predicted molar refractivity (Wildman–Crippen MR) is 204 cm³/mol. The second-order valence-corrected chi connectivity index (χ2v) is 13.3. The Labute approximate surface area is 281 Å². The third-order valence-corrected chi connectivity index (χ3v) is 10.6. The summed E-state index contributed by atoms with van der Waals surface area (Å²) in [5.74, 6) is 3.33. The van der Waals surface area contributed by atoms with Crippen molar-refractivity contribution in [3.05, 3.63) is 145 Å². The summed E-state index contributed by atoms with van der Waals surface area (Å²) in [5, 5.41) is 13.8. The van der Waals surface area contributed by atoms with E-state index in [0.717, 1.165) is 62.3 Å². The summed E-state index contributed by atoms with van der Waals surface area (Å²) in [7, 11) is 0. The summed E-state index contributed by atoms with van der Waals surface area (Å²) in [6, 6.07) is 46.7. The van der Waals surface area contributed by atoms with Gasteiger partial charge in [-0.05, 0) is 122 Å². The molecule has 49 heavy (non-hydrogen) atoms. The standard InChI is InChI=1S/C45H28N2O2/c46-38-17-5-24-1-3-26-7-19-40(36-15-13-34(38)42(24)44(26)36)48-30-9-11-32-28(22-30)21-29-23-31(10-12-33(29)32)49-41-20-8-27-4-2-25-6-18-39(47)35-14-16-37(41)45(27)43(25)35/h1-20,22-23H,21,46-47H2. The normalized spacial score (nSPS) is 12.6. The van der Waals surface area contributed by atoms with Gasteiger partial charge in [0.2, 0.25) is 0 Å². The van der Waals surface area contributed by atoms with Gasteiger partial charge in [0.05, 0.1) is 0 Å². The Morgan fingerprint density at radius 3 is 1.18 bits per heavy atom. The van der Waals surface area contributed by atoms with Crippen molar-refractivity contribution in [2.75, 3.05) is 11.5 Å². The van der Waals surface area contributed by atoms with Gasteiger partial charge in [0, 0.05) is 43.7 Å². The second kappa shape index (κ2) is 9.52. The van der Waals surface area contributed by atoms with Crippen LogP contribution in [0, 0.1) is 0 Å². The first-order valence-corrected chi connectivity index (χ1v) is 16.6. The summed E-state index contributed by atoms with van der Waals surface area (Å²) < 4.78 is 13.3. The molecule has 0 saturated carbocycles. The Morgan fingerprint density at radius 1 is 0.367 bits per heavy atom. The molecule has 10 aromatic rings. The Morgan fingerprint density at radius 2 is 0.735 bits per heavy atom. The lowest BCUT2D eigenvalue weighted by molar-refractivity contribution is 0.488. The average molecular weight is 629 g/mol. The van der Waals surface area contributed by atoms with E-state index in [2.05, 4.69) is 121 Å². The first kappa shape index (κ1) is 26.5. The Hall–Kier alpha value is -6.52. The lowest BCUT2D eigenvalue weighted by Crippen LogP contribution is -1.92. The maximum absolute atomic E-state index is 6.63. The van der Waals surface area contributed by atoms with Crippen LogP contribution in [0.25, 0.3) is 75.8 Å². The van der Waals surface area contributed by atoms with E-state index in [0.29, 0.717) is 0 Å². The van der Waals surface area contributed by atoms with E-state index in [1.54, 1.807) is 0 Å². The molecule has 0 unspecified atom stereocenters. The molecule has 10 aromatic carbocycles. The lowest BCUT2D eigenvalue weighted by Gasteiger charge is -2.16. The summed E-state index contributed by atoms with van der Waals surface area (Å²) in [6.07, 6.45) is 0.814. The van der Waals surface area contributed by atoms with Gasteiger partial charge in [0.25, 0.3) is 0 Å². The molecule has 0 radical (unpaired) electrons. The van der Waals surface area contributed by atoms with Crippen LogP contribution in [0.5, 0.6) is 23.0 Å². The van der Waals surface area contributed by atoms with Gasteiger partial charge in [0.1, 0.15) is 23.0 Å². The highest BCUT2D eigenvalue weighted by atomic mass is 16.5. The SMILES string of the molecule is Nc1ccc2ccc3ccc(Oc4ccc5c(c4)Cc4cc(Oc6ccc7ccc8ccc(N)c9ccc6c7c89)ccc4-5)c4ccc1c2c34. The van der Waals surface area contributed by atoms with Crippen molar-refractivity contribution in [3.8, 4) is 34.1 Å². The summed E-state index contributed by atoms with van der Waals surface area (Å²) >= 11 is 0. The molecule has 0 saturated heterocycles. The minimum Gasteiger partial charge on any atom is -0.457 e. The van der Waals surface area contributed by atoms with Crippen molar-refractivity contribution in [1.29, 1.82) is 0 Å². The minimum absolute atomic E-state index is 0.793. The molecule has 4 heteroatoms. The molecule has 0 bridgehead atoms. The Kier molecular flexibility index (Phi) is 5.16. The number of ether oxygens (including phenoxy) is 2. The number of nitrogen functional groups attached to an aromatic ring is 2. The van der Waals surface area contributed by atoms with E-state index in [1.165, 1.54) is 65.3 Å². The third-order valence-electron chi connectivity index (χ3n) is 10.6. The highest BCUT2D eigenvalue weighted by Crippen LogP contribution is 2.45. The molecule has 1 aliphatic rings. The van der Waals surface area contributed by atoms with Crippen LogP contribution in [0.4, 0.5) is 11.4 Å². The van der Waals surface area contributed by atoms with Crippen LogP contribution < -0.4 is 20.9 Å². The van der Waals surface area contributed by atoms with Crippen molar-refractivity contribution in [2.24, 2.45) is 0 Å². The summed E-state index contributed by atoms with van der Waals surface area (Å²) in [6.45, 7) is 0. The largest absolute Gasteiger partial charge is 0.457 e. The van der Waals surface area contributed by atoms with Crippen molar-refractivity contribution < 1.29 is 9.47 Å². The van der Waals surface area contributed by atoms with Crippen LogP contribution >= 0.6 is 0 Å². The molecule has 0 spiro atoms. The van der Waals surface area contributed by atoms with Gasteiger partial charge < -0.3 is 20.9 Å². The van der Waals surface area contributed by atoms with E-state index in [9.17, 15) is 0 Å². The molecule has 1 aliphatic carbocycles. The zero-order valence-corrected chi connectivity index (χ0v) is 26.4. The zero-order chi connectivity index (χ0) is 32.4. The topological polar surface area (TPSA) is 70.5 Å². The van der Waals surface area contributed by atoms with E-state index < -0.39 is 0 Å². The van der Waals surface area contributed by atoms with Gasteiger partial charge in [0.15, 0.2) is 0 Å². The molecular weight excluding hydrogens is 601 g/mol. The number of hydrogen-bond donors (Lipinski definition) is 2. The van der Waals surface area contributed by atoms with Gasteiger partial charge in [-0.25, -0.2) is 0 Å². The van der Waals surface area contributed by atoms with Crippen LogP contribution in [-0.4, -0.2) is 0 Å². The van der Waals surface area contributed by atoms with Crippen molar-refractivity contribution >= 4 is 76.0 Å². The number of fused-ring (bicyclic) bond motifs is 3. The second-order valence-electron chi connectivity index (χ2n) is 13.3. The van der Waals surface area contributed by atoms with Gasteiger partial charge in [-0.1, -0.05) is 72.8 Å². The lowest BCUT2D eigenvalue weighted by atomic mass is 9.93. The molecule has 0 amide bonds. The molecule has 230 valence electrons. The summed E-state index contributed by atoms with van der Waals surface area (Å²) in [4.78, 5) is 0. The average Bonchev–Trinajstić information content (AvgIpc) is 3.49. The first-order chi connectivity index (χ1) is 24.1. The Balaban J connectivity index is 0.923. The molecule has 0 aromatic heterocycles. The molecule has 11 rings (SSSR count). The van der Waals surface area contributed by atoms with Crippen molar-refractivity contribution in [2.45, 2.75) is 6.42 Å². The number of benzene rings is 10. The van der Waals surface area contributed by atoms with Crippen LogP contribution in [0.15, 0.2) is 133 Å². The fourth-order valence-electron chi connectivity index (χ4n) is 8.32. The van der Waals surface area contributed by atoms with E-state index in [-0.39, 0.29) is 0 Å². The van der Waals surface area contributed by atoms with Crippen molar-refractivity contribution in [1.82, 2.24) is 0 Å². The zero-order valence-electron chi connectivity index (χ0n) is 26.4. The van der Waals surface area contributed by atoms with Gasteiger partial charge in [-0.15, -0.1) is 0 Å². The van der Waals surface area contributed by atoms with Gasteiger partial charge in [-0.3, -0.25) is 0 Å². The van der Waals surface area contributed by atoms with Crippen LogP contribution in [0.1, 0.15) is 11.1 Å². The molecule has 0 aliphatic heterocycles. The van der Waals surface area contributed by atoms with E-state index in [4.69, 9.17) is 20.9 Å². The van der Waals surface area contributed by atoms with Crippen LogP contribution in [0.3, 0.4) is 0 Å². The predicted octanol–water partition coefficient (Wildman–Crippen LogP) is 11.8. The fraction of sp³-hybridized carbons (Fsp3) is 0.0222. The molecule has 0 fully saturated rings. The summed E-state index contributed by atoms with van der Waals surface area (Å²) in [5.41, 5.74) is 19.3. The smallest absolute Gasteiger partial charge is 0.135 e. The van der Waals surface area contributed by atoms with Crippen molar-refractivity contribution in [3.63, 3.8) is 0 Å². The molecule has 0 heterocycles. The van der Waals surface area contributed by atoms with E-state index >= 15 is 0 Å². The first-order valence-electron chi connectivity index (χ1n) is 16.6. The quantitative estimate of drug-likeness (QED) is 0.150. The minimum atomic E-state index is 0.793. The number of rotatable bonds is 4. The van der Waals surface area contributed by atoms with Gasteiger partial charge >= 0.3 is 0 Å². The molecule has 0 atom stereocenters. The highest BCUT2D eigenvalue weighted by Gasteiger charge is 2.21. The molecular formula is C45H28N2O2. The molecule has 4 N–H and O–H groups in total. The number of hydrogen-bond acceptors (Lipinski definition) is 4. The Bertz CT molecular complexity index is 2790. The number of anilines is 2. The van der Waals surface area contributed by atoms with Crippen LogP contribution in [-0.2, 0) is 6.42 Å². The fourth-order valence-corrected chi connectivity index (χ4v) is 8.32. The monoisotopic (exact) mass is 628 g/mol. The van der Waals surface area contributed by atoms with E-state index in [1.807, 2.05) is 12.1 Å². The highest BCUT2D eigenvalue weighted by molar-refractivity contribution is 6.27. The maximum atomic E-state index is 6.63.